The van der Waals surface area contributed by atoms with Crippen molar-refractivity contribution in [2.45, 2.75) is 16.9 Å². The largest absolute Gasteiger partial charge is 0.339 e. The molecule has 4 nitrogen and oxygen atoms in total. The molecule has 0 fully saturated rings. The van der Waals surface area contributed by atoms with Gasteiger partial charge in [-0.15, -0.1) is 0 Å². The van der Waals surface area contributed by atoms with Crippen LogP contribution < -0.4 is 16.0 Å². The van der Waals surface area contributed by atoms with E-state index in [-0.39, 0.29) is 11.0 Å². The van der Waals surface area contributed by atoms with E-state index < -0.39 is 9.96 Å². The minimum atomic E-state index is -1.81. The lowest BCUT2D eigenvalue weighted by Crippen LogP contribution is -2.56. The molecule has 2 aromatic rings. The van der Waals surface area contributed by atoms with Gasteiger partial charge in [0.15, 0.2) is 5.11 Å². The van der Waals surface area contributed by atoms with Gasteiger partial charge in [0.05, 0.1) is 5.56 Å². The van der Waals surface area contributed by atoms with Gasteiger partial charge in [-0.05, 0) is 71.6 Å². The summed E-state index contributed by atoms with van der Waals surface area (Å²) in [5.74, 6) is -0.378. The highest BCUT2D eigenvalue weighted by Crippen LogP contribution is 2.29. The molecule has 0 aliphatic rings. The van der Waals surface area contributed by atoms with Gasteiger partial charge in [0.1, 0.15) is 6.17 Å². The van der Waals surface area contributed by atoms with Crippen LogP contribution in [-0.2, 0) is 0 Å². The Labute approximate surface area is 186 Å². The second-order valence-electron chi connectivity index (χ2n) is 5.40. The van der Waals surface area contributed by atoms with Gasteiger partial charge >= 0.3 is 0 Å². The summed E-state index contributed by atoms with van der Waals surface area (Å²) in [6.45, 7) is 1.97. The number of carbonyl (C=O) groups is 1. The Morgan fingerprint density at radius 1 is 1.12 bits per heavy atom. The van der Waals surface area contributed by atoms with Gasteiger partial charge in [0, 0.05) is 9.26 Å². The van der Waals surface area contributed by atoms with E-state index in [0.29, 0.717) is 5.56 Å². The third-order valence-corrected chi connectivity index (χ3v) is 5.09. The number of amides is 1. The lowest BCUT2D eigenvalue weighted by Gasteiger charge is -2.28. The van der Waals surface area contributed by atoms with Crippen LogP contribution in [0.4, 0.5) is 5.69 Å². The standard InChI is InChI=1S/C17H15Cl3IN3OS/c1-10-5-4-6-11(9-10)22-16(26)24-15(17(18,19)20)23-14(25)12-7-2-3-8-13(12)21/h2-9,15H,1H3,(H,23,25)(H2,22,24,26)/t15-/m1/s1. The maximum Gasteiger partial charge on any atom is 0.254 e. The molecule has 0 aliphatic carbocycles. The Kier molecular flexibility index (Phi) is 7.78. The van der Waals surface area contributed by atoms with Crippen molar-refractivity contribution in [1.82, 2.24) is 10.6 Å². The molecular weight excluding hydrogens is 528 g/mol. The Hall–Kier alpha value is -0.800. The molecule has 0 aliphatic heterocycles. The molecule has 0 spiro atoms. The Morgan fingerprint density at radius 2 is 1.81 bits per heavy atom. The van der Waals surface area contributed by atoms with Gasteiger partial charge in [0.2, 0.25) is 3.79 Å². The number of aryl methyl sites for hydroxylation is 1. The van der Waals surface area contributed by atoms with Crippen LogP contribution in [0.15, 0.2) is 48.5 Å². The summed E-state index contributed by atoms with van der Waals surface area (Å²) in [7, 11) is 0. The quantitative estimate of drug-likeness (QED) is 0.220. The summed E-state index contributed by atoms with van der Waals surface area (Å²) in [4.78, 5) is 12.5. The average Bonchev–Trinajstić information content (AvgIpc) is 2.53. The van der Waals surface area contributed by atoms with Crippen LogP contribution in [0.1, 0.15) is 15.9 Å². The van der Waals surface area contributed by atoms with Gasteiger partial charge in [-0.2, -0.15) is 0 Å². The van der Waals surface area contributed by atoms with Crippen LogP contribution in [0.3, 0.4) is 0 Å². The van der Waals surface area contributed by atoms with Gasteiger partial charge < -0.3 is 16.0 Å². The van der Waals surface area contributed by atoms with Gasteiger partial charge in [-0.1, -0.05) is 59.1 Å². The summed E-state index contributed by atoms with van der Waals surface area (Å²) in [6.07, 6.45) is -1.03. The number of thiocarbonyl (C=S) groups is 1. The fourth-order valence-electron chi connectivity index (χ4n) is 2.08. The number of halogens is 4. The van der Waals surface area contributed by atoms with Crippen LogP contribution in [0.5, 0.6) is 0 Å². The second kappa shape index (κ2) is 9.41. The molecule has 0 unspecified atom stereocenters. The molecule has 1 amide bonds. The molecule has 0 radical (unpaired) electrons. The molecule has 1 atom stereocenters. The molecule has 2 rings (SSSR count). The van der Waals surface area contributed by atoms with Crippen molar-refractivity contribution < 1.29 is 4.79 Å². The average molecular weight is 543 g/mol. The number of hydrogen-bond donors (Lipinski definition) is 3. The zero-order chi connectivity index (χ0) is 19.3. The normalized spacial score (nSPS) is 12.2. The van der Waals surface area contributed by atoms with Crippen LogP contribution >= 0.6 is 69.6 Å². The van der Waals surface area contributed by atoms with Crippen molar-refractivity contribution in [3.63, 3.8) is 0 Å². The molecule has 0 saturated carbocycles. The Morgan fingerprint density at radius 3 is 2.42 bits per heavy atom. The van der Waals surface area contributed by atoms with E-state index in [1.165, 1.54) is 0 Å². The van der Waals surface area contributed by atoms with E-state index >= 15 is 0 Å². The predicted molar refractivity (Wildman–Crippen MR) is 121 cm³/mol. The Bertz CT molecular complexity index is 814. The molecule has 0 heterocycles. The van der Waals surface area contributed by atoms with Gasteiger partial charge in [-0.3, -0.25) is 4.79 Å². The van der Waals surface area contributed by atoms with E-state index in [9.17, 15) is 4.79 Å². The molecule has 138 valence electrons. The summed E-state index contributed by atoms with van der Waals surface area (Å²) in [5, 5.41) is 8.72. The van der Waals surface area contributed by atoms with Crippen molar-refractivity contribution >= 4 is 86.3 Å². The fourth-order valence-corrected chi connectivity index (χ4v) is 3.27. The van der Waals surface area contributed by atoms with Crippen LogP contribution in [-0.4, -0.2) is 21.0 Å². The number of alkyl halides is 3. The molecule has 26 heavy (non-hydrogen) atoms. The highest BCUT2D eigenvalue weighted by molar-refractivity contribution is 14.1. The smallest absolute Gasteiger partial charge is 0.254 e. The number of hydrogen-bond acceptors (Lipinski definition) is 2. The van der Waals surface area contributed by atoms with E-state index in [1.807, 2.05) is 43.3 Å². The van der Waals surface area contributed by atoms with Crippen molar-refractivity contribution in [3.05, 3.63) is 63.2 Å². The SMILES string of the molecule is Cc1cccc(NC(=S)N[C@@H](NC(=O)c2ccccc2I)C(Cl)(Cl)Cl)c1. The lowest BCUT2D eigenvalue weighted by atomic mass is 10.2. The highest BCUT2D eigenvalue weighted by Gasteiger charge is 2.35. The van der Waals surface area contributed by atoms with Gasteiger partial charge in [0.25, 0.3) is 5.91 Å². The third kappa shape index (κ3) is 6.42. The number of nitrogens with one attached hydrogen (secondary N) is 3. The molecule has 0 bridgehead atoms. The first-order valence-electron chi connectivity index (χ1n) is 7.43. The van der Waals surface area contributed by atoms with E-state index in [0.717, 1.165) is 14.8 Å². The van der Waals surface area contributed by atoms with Crippen molar-refractivity contribution in [2.75, 3.05) is 5.32 Å². The first-order chi connectivity index (χ1) is 12.2. The topological polar surface area (TPSA) is 53.2 Å². The van der Waals surface area contributed by atoms with Gasteiger partial charge in [-0.25, -0.2) is 0 Å². The summed E-state index contributed by atoms with van der Waals surface area (Å²) in [6, 6.07) is 14.7. The van der Waals surface area contributed by atoms with Crippen molar-refractivity contribution in [1.29, 1.82) is 0 Å². The monoisotopic (exact) mass is 541 g/mol. The maximum atomic E-state index is 12.5. The van der Waals surface area contributed by atoms with E-state index in [1.54, 1.807) is 12.1 Å². The summed E-state index contributed by atoms with van der Waals surface area (Å²) >= 11 is 25.4. The summed E-state index contributed by atoms with van der Waals surface area (Å²) in [5.41, 5.74) is 2.34. The van der Waals surface area contributed by atoms with E-state index in [2.05, 4.69) is 38.5 Å². The zero-order valence-corrected chi connectivity index (χ0v) is 18.8. The molecular formula is C17H15Cl3IN3OS. The number of rotatable bonds is 4. The number of anilines is 1. The number of benzene rings is 2. The Balaban J connectivity index is 2.09. The number of carbonyl (C=O) groups excluding carboxylic acids is 1. The maximum absolute atomic E-state index is 12.5. The van der Waals surface area contributed by atoms with E-state index in [4.69, 9.17) is 47.0 Å². The summed E-state index contributed by atoms with van der Waals surface area (Å²) < 4.78 is -1.03. The molecule has 0 saturated heterocycles. The third-order valence-electron chi connectivity index (χ3n) is 3.27. The first kappa shape index (κ1) is 21.5. The van der Waals surface area contributed by atoms with Crippen LogP contribution in [0.25, 0.3) is 0 Å². The molecule has 9 heteroatoms. The van der Waals surface area contributed by atoms with Crippen molar-refractivity contribution in [2.24, 2.45) is 0 Å². The first-order valence-corrected chi connectivity index (χ1v) is 10.0. The fraction of sp³-hybridized carbons (Fsp3) is 0.176. The molecule has 2 aromatic carbocycles. The zero-order valence-electron chi connectivity index (χ0n) is 13.5. The van der Waals surface area contributed by atoms with Crippen LogP contribution in [0.2, 0.25) is 0 Å². The highest BCUT2D eigenvalue weighted by atomic mass is 127. The van der Waals surface area contributed by atoms with Crippen molar-refractivity contribution in [3.8, 4) is 0 Å². The predicted octanol–water partition coefficient (Wildman–Crippen LogP) is 5.01. The minimum absolute atomic E-state index is 0.218. The minimum Gasteiger partial charge on any atom is -0.339 e. The molecule has 0 aromatic heterocycles. The lowest BCUT2D eigenvalue weighted by molar-refractivity contribution is 0.0933. The molecule has 3 N–H and O–H groups in total. The second-order valence-corrected chi connectivity index (χ2v) is 9.34. The van der Waals surface area contributed by atoms with Crippen LogP contribution in [0, 0.1) is 10.5 Å².